The molecule has 1 saturated carbocycles. The minimum atomic E-state index is -4.06. The van der Waals surface area contributed by atoms with Gasteiger partial charge in [-0.2, -0.15) is 13.2 Å². The van der Waals surface area contributed by atoms with E-state index in [1.165, 1.54) is 0 Å². The predicted octanol–water partition coefficient (Wildman–Crippen LogP) is 1.25. The second-order valence-corrected chi connectivity index (χ2v) is 9.18. The zero-order valence-corrected chi connectivity index (χ0v) is 14.9. The van der Waals surface area contributed by atoms with E-state index in [0.29, 0.717) is 38.8 Å². The molecule has 4 saturated heterocycles. The number of rotatable bonds is 2. The summed E-state index contributed by atoms with van der Waals surface area (Å²) in [4.78, 5) is 29.4. The summed E-state index contributed by atoms with van der Waals surface area (Å²) in [5, 5.41) is 2.76. The molecule has 10 heteroatoms. The van der Waals surface area contributed by atoms with Crippen molar-refractivity contribution in [3.63, 3.8) is 0 Å². The maximum atomic E-state index is 12.5. The Morgan fingerprint density at radius 1 is 1.15 bits per heavy atom. The number of carbonyl (C=O) groups is 2. The van der Waals surface area contributed by atoms with Gasteiger partial charge in [-0.1, -0.05) is 0 Å². The first-order valence-corrected chi connectivity index (χ1v) is 9.44. The Balaban J connectivity index is 1.02. The number of nitrogens with one attached hydrogen (secondary N) is 1. The maximum absolute atomic E-state index is 12.5. The van der Waals surface area contributed by atoms with Crippen molar-refractivity contribution in [2.24, 2.45) is 11.3 Å². The third-order valence-corrected chi connectivity index (χ3v) is 6.79. The molecule has 4 heterocycles. The normalized spacial score (nSPS) is 29.7. The van der Waals surface area contributed by atoms with Gasteiger partial charge in [0.15, 0.2) is 0 Å². The van der Waals surface area contributed by atoms with Gasteiger partial charge in [-0.05, 0) is 18.8 Å². The van der Waals surface area contributed by atoms with Gasteiger partial charge in [0.1, 0.15) is 12.1 Å². The van der Waals surface area contributed by atoms with E-state index in [9.17, 15) is 22.8 Å². The minimum absolute atomic E-state index is 0.00467. The van der Waals surface area contributed by atoms with Gasteiger partial charge in [-0.15, -0.1) is 0 Å². The molecule has 3 amide bonds. The molecule has 1 aliphatic carbocycles. The van der Waals surface area contributed by atoms with E-state index < -0.39 is 24.2 Å². The number of halogens is 3. The van der Waals surface area contributed by atoms with Gasteiger partial charge in [0, 0.05) is 44.1 Å². The Labute approximate surface area is 154 Å². The molecule has 5 aliphatic rings. The average molecular weight is 388 g/mol. The van der Waals surface area contributed by atoms with Gasteiger partial charge in [0.25, 0.3) is 0 Å². The number of amides is 3. The van der Waals surface area contributed by atoms with Crippen LogP contribution >= 0.6 is 0 Å². The molecule has 2 spiro atoms. The fourth-order valence-corrected chi connectivity index (χ4v) is 5.40. The topological polar surface area (TPSA) is 65.1 Å². The molecule has 4 aliphatic heterocycles. The highest BCUT2D eigenvalue weighted by Crippen LogP contribution is 2.52. The lowest BCUT2D eigenvalue weighted by atomic mass is 9.59. The lowest BCUT2D eigenvalue weighted by molar-refractivity contribution is -0.170. The van der Waals surface area contributed by atoms with E-state index in [-0.39, 0.29) is 17.4 Å². The minimum Gasteiger partial charge on any atom is -0.447 e. The van der Waals surface area contributed by atoms with Crippen LogP contribution in [-0.4, -0.2) is 90.5 Å². The van der Waals surface area contributed by atoms with Crippen LogP contribution < -0.4 is 5.32 Å². The van der Waals surface area contributed by atoms with Crippen LogP contribution in [0.2, 0.25) is 0 Å². The van der Waals surface area contributed by atoms with E-state index in [1.54, 1.807) is 4.90 Å². The number of hydrogen-bond acceptors (Lipinski definition) is 4. The summed E-state index contributed by atoms with van der Waals surface area (Å²) < 4.78 is 42.1. The molecule has 7 nitrogen and oxygen atoms in total. The number of likely N-dealkylation sites (tertiary alicyclic amines) is 3. The van der Waals surface area contributed by atoms with Crippen LogP contribution in [0.3, 0.4) is 0 Å². The molecule has 0 unspecified atom stereocenters. The molecule has 1 N–H and O–H groups in total. The van der Waals surface area contributed by atoms with Crippen molar-refractivity contribution in [2.75, 3.05) is 45.9 Å². The first kappa shape index (κ1) is 17.4. The highest BCUT2D eigenvalue weighted by atomic mass is 19.4. The highest BCUT2D eigenvalue weighted by Gasteiger charge is 2.59. The van der Waals surface area contributed by atoms with E-state index in [1.807, 2.05) is 4.90 Å². The van der Waals surface area contributed by atoms with E-state index in [2.05, 4.69) is 10.2 Å². The van der Waals surface area contributed by atoms with Crippen molar-refractivity contribution in [1.29, 1.82) is 0 Å². The van der Waals surface area contributed by atoms with Crippen LogP contribution in [0.5, 0.6) is 0 Å². The van der Waals surface area contributed by atoms with Gasteiger partial charge < -0.3 is 19.9 Å². The Kier molecular flexibility index (Phi) is 3.49. The highest BCUT2D eigenvalue weighted by molar-refractivity contribution is 5.78. The summed E-state index contributed by atoms with van der Waals surface area (Å²) in [7, 11) is 0. The zero-order chi connectivity index (χ0) is 19.0. The van der Waals surface area contributed by atoms with Gasteiger partial charge in [-0.3, -0.25) is 4.90 Å². The molecule has 0 aromatic heterocycles. The summed E-state index contributed by atoms with van der Waals surface area (Å²) in [5.74, 6) is -0.250. The van der Waals surface area contributed by atoms with E-state index in [0.717, 1.165) is 25.9 Å². The molecule has 0 bridgehead atoms. The van der Waals surface area contributed by atoms with E-state index in [4.69, 9.17) is 4.74 Å². The number of ether oxygens (including phenoxy) is 1. The fourth-order valence-electron chi connectivity index (χ4n) is 5.40. The quantitative estimate of drug-likeness (QED) is 0.773. The van der Waals surface area contributed by atoms with Gasteiger partial charge in [0.2, 0.25) is 0 Å². The zero-order valence-electron chi connectivity index (χ0n) is 14.9. The largest absolute Gasteiger partial charge is 0.447 e. The predicted molar refractivity (Wildman–Crippen MR) is 86.9 cm³/mol. The van der Waals surface area contributed by atoms with Gasteiger partial charge in [0.05, 0.1) is 13.1 Å². The molecule has 5 fully saturated rings. The van der Waals surface area contributed by atoms with Crippen LogP contribution in [0.15, 0.2) is 0 Å². The summed E-state index contributed by atoms with van der Waals surface area (Å²) in [6, 6.07) is 0.384. The number of carbonyl (C=O) groups excluding carboxylic acids is 2. The summed E-state index contributed by atoms with van der Waals surface area (Å²) in [5.41, 5.74) is -0.232. The van der Waals surface area contributed by atoms with Crippen molar-refractivity contribution in [1.82, 2.24) is 20.0 Å². The van der Waals surface area contributed by atoms with Crippen LogP contribution in [-0.2, 0) is 4.74 Å². The SMILES string of the molecule is O=C1NC2(CO1)CN(C(=O)N1CC3(CC(N4CC(CC(F)(F)F)C4)C3)C1)C2. The second kappa shape index (κ2) is 5.42. The van der Waals surface area contributed by atoms with Crippen molar-refractivity contribution < 1.29 is 27.5 Å². The lowest BCUT2D eigenvalue weighted by Crippen LogP contribution is -2.75. The molecular weight excluding hydrogens is 365 g/mol. The van der Waals surface area contributed by atoms with E-state index >= 15 is 0 Å². The number of cyclic esters (lactones) is 1. The number of hydrogen-bond donors (Lipinski definition) is 1. The van der Waals surface area contributed by atoms with Crippen molar-refractivity contribution in [2.45, 2.75) is 37.0 Å². The number of alkyl halides is 3. The average Bonchev–Trinajstić information content (AvgIpc) is 2.80. The Hall–Kier alpha value is -1.71. The fraction of sp³-hybridized carbons (Fsp3) is 0.882. The smallest absolute Gasteiger partial charge is 0.407 e. The molecule has 27 heavy (non-hydrogen) atoms. The molecule has 0 radical (unpaired) electrons. The maximum Gasteiger partial charge on any atom is 0.407 e. The molecule has 0 aromatic carbocycles. The molecule has 0 atom stereocenters. The first-order valence-electron chi connectivity index (χ1n) is 9.44. The van der Waals surface area contributed by atoms with Crippen LogP contribution in [0.1, 0.15) is 19.3 Å². The third kappa shape index (κ3) is 2.92. The number of urea groups is 1. The van der Waals surface area contributed by atoms with Crippen molar-refractivity contribution in [3.8, 4) is 0 Å². The Bertz CT molecular complexity index is 659. The molecule has 150 valence electrons. The van der Waals surface area contributed by atoms with Crippen molar-refractivity contribution >= 4 is 12.1 Å². The number of nitrogens with zero attached hydrogens (tertiary/aromatic N) is 3. The molecule has 0 aromatic rings. The van der Waals surface area contributed by atoms with Gasteiger partial charge >= 0.3 is 18.3 Å². The third-order valence-electron chi connectivity index (χ3n) is 6.79. The summed E-state index contributed by atoms with van der Waals surface area (Å²) >= 11 is 0. The van der Waals surface area contributed by atoms with Crippen LogP contribution in [0.25, 0.3) is 0 Å². The number of alkyl carbamates (subject to hydrolysis) is 1. The van der Waals surface area contributed by atoms with Crippen LogP contribution in [0.4, 0.5) is 22.8 Å². The van der Waals surface area contributed by atoms with Crippen LogP contribution in [0, 0.1) is 11.3 Å². The standard InChI is InChI=1S/C17H23F3N4O3/c18-17(19,20)1-11-4-22(5-11)12-2-15(3-12)6-23(7-15)14(26)24-8-16(9-24)10-27-13(25)21-16/h11-12H,1-10H2,(H,21,25). The second-order valence-electron chi connectivity index (χ2n) is 9.18. The molecular formula is C17H23F3N4O3. The lowest BCUT2D eigenvalue weighted by Gasteiger charge is -2.64. The van der Waals surface area contributed by atoms with Crippen molar-refractivity contribution in [3.05, 3.63) is 0 Å². The Morgan fingerprint density at radius 2 is 1.78 bits per heavy atom. The molecule has 5 rings (SSSR count). The van der Waals surface area contributed by atoms with Gasteiger partial charge in [-0.25, -0.2) is 9.59 Å². The monoisotopic (exact) mass is 388 g/mol. The summed E-state index contributed by atoms with van der Waals surface area (Å²) in [6.07, 6.45) is -3.21. The Morgan fingerprint density at radius 3 is 2.33 bits per heavy atom. The first-order chi connectivity index (χ1) is 12.6. The summed E-state index contributed by atoms with van der Waals surface area (Å²) in [6.45, 7) is 3.84.